The summed E-state index contributed by atoms with van der Waals surface area (Å²) in [6.07, 6.45) is 6.07. The molecule has 0 spiro atoms. The predicted octanol–water partition coefficient (Wildman–Crippen LogP) is 3.67. The molecule has 0 saturated heterocycles. The van der Waals surface area contributed by atoms with Gasteiger partial charge < -0.3 is 4.74 Å². The van der Waals surface area contributed by atoms with E-state index in [4.69, 9.17) is 4.74 Å². The van der Waals surface area contributed by atoms with E-state index in [0.717, 1.165) is 19.4 Å². The quantitative estimate of drug-likeness (QED) is 0.749. The Labute approximate surface area is 126 Å². The normalized spacial score (nSPS) is 16.2. The van der Waals surface area contributed by atoms with Crippen molar-refractivity contribution in [3.8, 4) is 5.75 Å². The summed E-state index contributed by atoms with van der Waals surface area (Å²) >= 11 is 0. The van der Waals surface area contributed by atoms with Crippen molar-refractivity contribution in [2.24, 2.45) is 0 Å². The maximum absolute atomic E-state index is 13.4. The monoisotopic (exact) mass is 293 g/mol. The number of hydrogen-bond acceptors (Lipinski definition) is 3. The van der Waals surface area contributed by atoms with E-state index < -0.39 is 5.82 Å². The van der Waals surface area contributed by atoms with Gasteiger partial charge in [0.25, 0.3) is 0 Å². The molecule has 0 radical (unpaired) electrons. The van der Waals surface area contributed by atoms with E-state index in [1.54, 1.807) is 0 Å². The molecular formula is C17H24FNO2. The number of benzene rings is 1. The van der Waals surface area contributed by atoms with Crippen molar-refractivity contribution in [3.05, 3.63) is 29.6 Å². The highest BCUT2D eigenvalue weighted by molar-refractivity contribution is 6.00. The van der Waals surface area contributed by atoms with Gasteiger partial charge in [-0.15, -0.1) is 0 Å². The zero-order chi connectivity index (χ0) is 15.2. The number of hydrogen-bond donors (Lipinski definition) is 0. The number of carbonyl (C=O) groups excluding carboxylic acids is 1. The molecular weight excluding hydrogens is 269 g/mol. The highest BCUT2D eigenvalue weighted by Gasteiger charge is 2.23. The van der Waals surface area contributed by atoms with Gasteiger partial charge in [0.05, 0.1) is 19.2 Å². The summed E-state index contributed by atoms with van der Waals surface area (Å²) in [5, 5.41) is 0. The Hall–Kier alpha value is -1.42. The lowest BCUT2D eigenvalue weighted by Gasteiger charge is -2.33. The fraction of sp³-hybridized carbons (Fsp3) is 0.588. The van der Waals surface area contributed by atoms with Gasteiger partial charge in [-0.05, 0) is 37.6 Å². The van der Waals surface area contributed by atoms with Crippen molar-refractivity contribution in [2.45, 2.75) is 45.1 Å². The Balaban J connectivity index is 2.10. The van der Waals surface area contributed by atoms with Gasteiger partial charge in [-0.25, -0.2) is 4.39 Å². The lowest BCUT2D eigenvalue weighted by Crippen LogP contribution is -2.40. The average molecular weight is 293 g/mol. The van der Waals surface area contributed by atoms with Crippen molar-refractivity contribution >= 4 is 5.78 Å². The fourth-order valence-electron chi connectivity index (χ4n) is 3.11. The molecule has 1 fully saturated rings. The molecule has 116 valence electrons. The van der Waals surface area contributed by atoms with Crippen LogP contribution >= 0.6 is 0 Å². The standard InChI is InChI=1S/C17H24FNO2/c1-3-19(14-7-5-4-6-8-14)12-16(20)15-11-13(18)9-10-17(15)21-2/h9-11,14H,3-8,12H2,1-2H3. The molecule has 0 amide bonds. The highest BCUT2D eigenvalue weighted by Crippen LogP contribution is 2.24. The van der Waals surface area contributed by atoms with Crippen LogP contribution in [0.25, 0.3) is 0 Å². The molecule has 1 saturated carbocycles. The molecule has 1 aliphatic carbocycles. The number of ketones is 1. The molecule has 0 atom stereocenters. The minimum Gasteiger partial charge on any atom is -0.496 e. The Morgan fingerprint density at radius 2 is 2.05 bits per heavy atom. The minimum atomic E-state index is -0.403. The van der Waals surface area contributed by atoms with E-state index in [9.17, 15) is 9.18 Å². The van der Waals surface area contributed by atoms with Crippen LogP contribution in [0.1, 0.15) is 49.4 Å². The summed E-state index contributed by atoms with van der Waals surface area (Å²) in [5.41, 5.74) is 0.340. The summed E-state index contributed by atoms with van der Waals surface area (Å²) in [4.78, 5) is 14.7. The number of likely N-dealkylation sites (N-methyl/N-ethyl adjacent to an activating group) is 1. The number of methoxy groups -OCH3 is 1. The van der Waals surface area contributed by atoms with Crippen LogP contribution in [-0.2, 0) is 0 Å². The van der Waals surface area contributed by atoms with Crippen LogP contribution in [0.2, 0.25) is 0 Å². The molecule has 0 heterocycles. The SMILES string of the molecule is CCN(CC(=O)c1cc(F)ccc1OC)C1CCCCC1. The maximum atomic E-state index is 13.4. The molecule has 0 bridgehead atoms. The third kappa shape index (κ3) is 4.03. The molecule has 1 aliphatic rings. The molecule has 0 N–H and O–H groups in total. The van der Waals surface area contributed by atoms with Crippen molar-refractivity contribution in [1.29, 1.82) is 0 Å². The van der Waals surface area contributed by atoms with Crippen LogP contribution < -0.4 is 4.74 Å². The van der Waals surface area contributed by atoms with Crippen LogP contribution in [-0.4, -0.2) is 36.9 Å². The van der Waals surface area contributed by atoms with E-state index >= 15 is 0 Å². The second kappa shape index (κ2) is 7.55. The number of nitrogens with zero attached hydrogens (tertiary/aromatic N) is 1. The summed E-state index contributed by atoms with van der Waals surface area (Å²) < 4.78 is 18.6. The van der Waals surface area contributed by atoms with Crippen LogP contribution in [0.3, 0.4) is 0 Å². The molecule has 1 aromatic rings. The summed E-state index contributed by atoms with van der Waals surface area (Å²) in [6, 6.07) is 4.58. The largest absolute Gasteiger partial charge is 0.496 e. The second-order valence-electron chi connectivity index (χ2n) is 5.62. The van der Waals surface area contributed by atoms with Crippen molar-refractivity contribution < 1.29 is 13.9 Å². The lowest BCUT2D eigenvalue weighted by atomic mass is 9.94. The lowest BCUT2D eigenvalue weighted by molar-refractivity contribution is 0.0865. The topological polar surface area (TPSA) is 29.5 Å². The third-order valence-corrected chi connectivity index (χ3v) is 4.31. The Kier molecular flexibility index (Phi) is 5.74. The number of ether oxygens (including phenoxy) is 1. The zero-order valence-electron chi connectivity index (χ0n) is 12.9. The number of halogens is 1. The zero-order valence-corrected chi connectivity index (χ0v) is 12.9. The highest BCUT2D eigenvalue weighted by atomic mass is 19.1. The smallest absolute Gasteiger partial charge is 0.180 e. The fourth-order valence-corrected chi connectivity index (χ4v) is 3.11. The van der Waals surface area contributed by atoms with Gasteiger partial charge in [-0.2, -0.15) is 0 Å². The molecule has 3 nitrogen and oxygen atoms in total. The van der Waals surface area contributed by atoms with Crippen LogP contribution in [0.15, 0.2) is 18.2 Å². The van der Waals surface area contributed by atoms with Gasteiger partial charge in [0.15, 0.2) is 5.78 Å². The first-order chi connectivity index (χ1) is 10.2. The van der Waals surface area contributed by atoms with E-state index in [1.807, 2.05) is 0 Å². The van der Waals surface area contributed by atoms with Crippen molar-refractivity contribution in [2.75, 3.05) is 20.2 Å². The van der Waals surface area contributed by atoms with Gasteiger partial charge in [0.1, 0.15) is 11.6 Å². The van der Waals surface area contributed by atoms with E-state index in [-0.39, 0.29) is 5.78 Å². The Morgan fingerprint density at radius 3 is 2.67 bits per heavy atom. The molecule has 4 heteroatoms. The summed E-state index contributed by atoms with van der Waals surface area (Å²) in [7, 11) is 1.50. The van der Waals surface area contributed by atoms with Crippen LogP contribution in [0.4, 0.5) is 4.39 Å². The molecule has 0 unspecified atom stereocenters. The second-order valence-corrected chi connectivity index (χ2v) is 5.62. The number of carbonyl (C=O) groups is 1. The van der Waals surface area contributed by atoms with E-state index in [1.165, 1.54) is 44.6 Å². The molecule has 21 heavy (non-hydrogen) atoms. The first kappa shape index (κ1) is 16.0. The van der Waals surface area contributed by atoms with Gasteiger partial charge in [0, 0.05) is 6.04 Å². The van der Waals surface area contributed by atoms with E-state index in [0.29, 0.717) is 23.9 Å². The number of Topliss-reactive ketones (excluding diaryl/α,β-unsaturated/α-hetero) is 1. The molecule has 0 aliphatic heterocycles. The van der Waals surface area contributed by atoms with Crippen molar-refractivity contribution in [1.82, 2.24) is 4.90 Å². The number of rotatable bonds is 6. The van der Waals surface area contributed by atoms with Gasteiger partial charge in [0.2, 0.25) is 0 Å². The maximum Gasteiger partial charge on any atom is 0.180 e. The average Bonchev–Trinajstić information content (AvgIpc) is 2.53. The predicted molar refractivity (Wildman–Crippen MR) is 81.4 cm³/mol. The third-order valence-electron chi connectivity index (χ3n) is 4.31. The summed E-state index contributed by atoms with van der Waals surface area (Å²) in [6.45, 7) is 3.25. The van der Waals surface area contributed by atoms with Gasteiger partial charge in [-0.3, -0.25) is 9.69 Å². The Bertz CT molecular complexity index is 484. The van der Waals surface area contributed by atoms with Crippen LogP contribution in [0.5, 0.6) is 5.75 Å². The van der Waals surface area contributed by atoms with Crippen LogP contribution in [0, 0.1) is 5.82 Å². The minimum absolute atomic E-state index is 0.0706. The molecule has 1 aromatic carbocycles. The van der Waals surface area contributed by atoms with Gasteiger partial charge in [-0.1, -0.05) is 26.2 Å². The van der Waals surface area contributed by atoms with Gasteiger partial charge >= 0.3 is 0 Å². The molecule has 2 rings (SSSR count). The van der Waals surface area contributed by atoms with Crippen molar-refractivity contribution in [3.63, 3.8) is 0 Å². The molecule has 0 aromatic heterocycles. The Morgan fingerprint density at radius 1 is 1.33 bits per heavy atom. The van der Waals surface area contributed by atoms with E-state index in [2.05, 4.69) is 11.8 Å². The summed E-state index contributed by atoms with van der Waals surface area (Å²) in [5.74, 6) is -0.0280. The first-order valence-corrected chi connectivity index (χ1v) is 7.76. The first-order valence-electron chi connectivity index (χ1n) is 7.76.